The van der Waals surface area contributed by atoms with Crippen LogP contribution >= 0.6 is 0 Å². The van der Waals surface area contributed by atoms with Crippen LogP contribution in [0.5, 0.6) is 5.75 Å². The molecule has 0 N–H and O–H groups in total. The molecular weight excluding hydrogens is 489 g/mol. The molecular formula is C25H31F3N6O3. The monoisotopic (exact) mass is 520 g/mol. The molecule has 200 valence electrons. The van der Waals surface area contributed by atoms with Gasteiger partial charge in [0.1, 0.15) is 11.6 Å². The lowest BCUT2D eigenvalue weighted by molar-refractivity contribution is -0.146. The van der Waals surface area contributed by atoms with Crippen LogP contribution in [0.25, 0.3) is 5.65 Å². The highest BCUT2D eigenvalue weighted by Crippen LogP contribution is 2.32. The average Bonchev–Trinajstić information content (AvgIpc) is 3.34. The van der Waals surface area contributed by atoms with Gasteiger partial charge in [-0.1, -0.05) is 12.1 Å². The number of aromatic nitrogens is 4. The molecule has 1 aromatic carbocycles. The molecule has 1 aliphatic heterocycles. The number of ether oxygens (including phenoxy) is 2. The van der Waals surface area contributed by atoms with Crippen molar-refractivity contribution < 1.29 is 27.4 Å². The number of amides is 1. The summed E-state index contributed by atoms with van der Waals surface area (Å²) in [5, 5.41) is 10.9. The topological polar surface area (TPSA) is 85.1 Å². The quantitative estimate of drug-likeness (QED) is 0.376. The third-order valence-electron chi connectivity index (χ3n) is 6.53. The first kappa shape index (κ1) is 26.6. The molecule has 1 saturated heterocycles. The van der Waals surface area contributed by atoms with Gasteiger partial charge in [-0.05, 0) is 55.0 Å². The number of hydrogen-bond acceptors (Lipinski definition) is 7. The summed E-state index contributed by atoms with van der Waals surface area (Å²) in [4.78, 5) is 15.7. The molecule has 2 aromatic heterocycles. The standard InChI is InChI=1S/C25H31F3N6O3/c1-32(15-17-36-2)23(35)4-3-16-37-20-7-5-18(6-8-20)19-11-13-33(14-12-19)22-10-9-21-29-30-24(25(26,27)28)34(21)31-22/h5-10,19H,3-4,11-17H2,1-2H3. The molecule has 9 nitrogen and oxygen atoms in total. The molecule has 0 radical (unpaired) electrons. The van der Waals surface area contributed by atoms with Crippen molar-refractivity contribution in [3.05, 3.63) is 47.8 Å². The normalized spacial score (nSPS) is 14.8. The highest BCUT2D eigenvalue weighted by atomic mass is 19.4. The minimum Gasteiger partial charge on any atom is -0.494 e. The van der Waals surface area contributed by atoms with Gasteiger partial charge in [0, 0.05) is 40.2 Å². The van der Waals surface area contributed by atoms with E-state index in [0.29, 0.717) is 57.4 Å². The van der Waals surface area contributed by atoms with E-state index >= 15 is 0 Å². The van der Waals surface area contributed by atoms with Gasteiger partial charge in [0.05, 0.1) is 13.2 Å². The van der Waals surface area contributed by atoms with E-state index in [4.69, 9.17) is 9.47 Å². The Balaban J connectivity index is 1.25. The van der Waals surface area contributed by atoms with Gasteiger partial charge in [0.2, 0.25) is 5.91 Å². The number of fused-ring (bicyclic) bond motifs is 1. The second-order valence-corrected chi connectivity index (χ2v) is 9.07. The van der Waals surface area contributed by atoms with Crippen LogP contribution in [-0.2, 0) is 15.7 Å². The molecule has 0 unspecified atom stereocenters. The SMILES string of the molecule is COCCN(C)C(=O)CCCOc1ccc(C2CCN(c3ccc4nnc(C(F)(F)F)n4n3)CC2)cc1. The molecule has 1 aliphatic rings. The summed E-state index contributed by atoms with van der Waals surface area (Å²) in [6.07, 6.45) is -1.85. The Labute approximate surface area is 213 Å². The fraction of sp³-hybridized carbons (Fsp3) is 0.520. The summed E-state index contributed by atoms with van der Waals surface area (Å²) in [5.74, 6) is 0.522. The second-order valence-electron chi connectivity index (χ2n) is 9.07. The number of halogens is 3. The fourth-order valence-corrected chi connectivity index (χ4v) is 4.36. The molecule has 12 heteroatoms. The van der Waals surface area contributed by atoms with Gasteiger partial charge in [-0.3, -0.25) is 4.79 Å². The van der Waals surface area contributed by atoms with Crippen molar-refractivity contribution in [3.8, 4) is 5.75 Å². The van der Waals surface area contributed by atoms with Crippen molar-refractivity contribution in [2.45, 2.75) is 37.8 Å². The number of nitrogens with zero attached hydrogens (tertiary/aromatic N) is 6. The Bertz CT molecular complexity index is 1180. The van der Waals surface area contributed by atoms with Gasteiger partial charge in [-0.2, -0.15) is 17.7 Å². The van der Waals surface area contributed by atoms with Crippen LogP contribution in [0.4, 0.5) is 19.0 Å². The maximum atomic E-state index is 13.2. The van der Waals surface area contributed by atoms with E-state index in [1.807, 2.05) is 17.0 Å². The van der Waals surface area contributed by atoms with Crippen LogP contribution in [0.15, 0.2) is 36.4 Å². The maximum absolute atomic E-state index is 13.2. The predicted molar refractivity (Wildman–Crippen MR) is 131 cm³/mol. The maximum Gasteiger partial charge on any atom is 0.453 e. The number of carbonyl (C=O) groups excluding carboxylic acids is 1. The van der Waals surface area contributed by atoms with E-state index in [9.17, 15) is 18.0 Å². The van der Waals surface area contributed by atoms with Crippen molar-refractivity contribution in [1.82, 2.24) is 24.7 Å². The molecule has 0 saturated carbocycles. The number of hydrogen-bond donors (Lipinski definition) is 0. The first-order chi connectivity index (χ1) is 17.8. The molecule has 3 aromatic rings. The molecule has 0 aliphatic carbocycles. The number of carbonyl (C=O) groups is 1. The van der Waals surface area contributed by atoms with Gasteiger partial charge in [-0.15, -0.1) is 15.3 Å². The molecule has 0 bridgehead atoms. The van der Waals surface area contributed by atoms with Crippen LogP contribution in [0.3, 0.4) is 0 Å². The average molecular weight is 521 g/mol. The van der Waals surface area contributed by atoms with E-state index in [1.165, 1.54) is 11.6 Å². The summed E-state index contributed by atoms with van der Waals surface area (Å²) in [6, 6.07) is 11.2. The molecule has 0 atom stereocenters. The Morgan fingerprint density at radius 2 is 1.81 bits per heavy atom. The molecule has 0 spiro atoms. The fourth-order valence-electron chi connectivity index (χ4n) is 4.36. The minimum absolute atomic E-state index is 0.0641. The number of anilines is 1. The Morgan fingerprint density at radius 3 is 2.49 bits per heavy atom. The van der Waals surface area contributed by atoms with E-state index in [-0.39, 0.29) is 11.6 Å². The van der Waals surface area contributed by atoms with E-state index < -0.39 is 12.0 Å². The first-order valence-electron chi connectivity index (χ1n) is 12.3. The molecule has 1 fully saturated rings. The van der Waals surface area contributed by atoms with Gasteiger partial charge >= 0.3 is 6.18 Å². The minimum atomic E-state index is -4.62. The summed E-state index contributed by atoms with van der Waals surface area (Å²) in [7, 11) is 3.37. The highest BCUT2D eigenvalue weighted by molar-refractivity contribution is 5.75. The van der Waals surface area contributed by atoms with Crippen LogP contribution in [-0.4, -0.2) is 77.6 Å². The van der Waals surface area contributed by atoms with Gasteiger partial charge < -0.3 is 19.3 Å². The third-order valence-corrected chi connectivity index (χ3v) is 6.53. The zero-order valence-corrected chi connectivity index (χ0v) is 20.9. The first-order valence-corrected chi connectivity index (χ1v) is 12.3. The van der Waals surface area contributed by atoms with Crippen molar-refractivity contribution in [2.75, 3.05) is 51.9 Å². The summed E-state index contributed by atoms with van der Waals surface area (Å²) < 4.78 is 51.1. The van der Waals surface area contributed by atoms with Crippen LogP contribution in [0.2, 0.25) is 0 Å². The Hall–Kier alpha value is -3.41. The van der Waals surface area contributed by atoms with Crippen molar-refractivity contribution in [3.63, 3.8) is 0 Å². The van der Waals surface area contributed by atoms with Gasteiger partial charge in [-0.25, -0.2) is 0 Å². The van der Waals surface area contributed by atoms with Crippen LogP contribution in [0, 0.1) is 0 Å². The van der Waals surface area contributed by atoms with E-state index in [1.54, 1.807) is 25.1 Å². The van der Waals surface area contributed by atoms with Gasteiger partial charge in [0.15, 0.2) is 5.65 Å². The lowest BCUT2D eigenvalue weighted by Gasteiger charge is -2.33. The Morgan fingerprint density at radius 1 is 1.08 bits per heavy atom. The number of piperidine rings is 1. The number of benzene rings is 1. The molecule has 3 heterocycles. The number of rotatable bonds is 10. The number of likely N-dealkylation sites (N-methyl/N-ethyl adjacent to an activating group) is 1. The molecule has 37 heavy (non-hydrogen) atoms. The zero-order chi connectivity index (χ0) is 26.4. The number of methoxy groups -OCH3 is 1. The summed E-state index contributed by atoms with van der Waals surface area (Å²) >= 11 is 0. The van der Waals surface area contributed by atoms with Crippen LogP contribution < -0.4 is 9.64 Å². The number of alkyl halides is 3. The van der Waals surface area contributed by atoms with Crippen LogP contribution in [0.1, 0.15) is 43.0 Å². The van der Waals surface area contributed by atoms with E-state index in [2.05, 4.69) is 27.4 Å². The highest BCUT2D eigenvalue weighted by Gasteiger charge is 2.38. The second kappa shape index (κ2) is 11.8. The zero-order valence-electron chi connectivity index (χ0n) is 20.9. The molecule has 4 rings (SSSR count). The lowest BCUT2D eigenvalue weighted by atomic mass is 9.89. The smallest absolute Gasteiger partial charge is 0.453 e. The predicted octanol–water partition coefficient (Wildman–Crippen LogP) is 3.79. The molecule has 1 amide bonds. The third kappa shape index (κ3) is 6.68. The van der Waals surface area contributed by atoms with Crippen molar-refractivity contribution in [1.29, 1.82) is 0 Å². The lowest BCUT2D eigenvalue weighted by Crippen LogP contribution is -2.34. The van der Waals surface area contributed by atoms with Crippen molar-refractivity contribution >= 4 is 17.4 Å². The largest absolute Gasteiger partial charge is 0.494 e. The Kier molecular flexibility index (Phi) is 8.47. The summed E-state index contributed by atoms with van der Waals surface area (Å²) in [6.45, 7) is 2.91. The summed E-state index contributed by atoms with van der Waals surface area (Å²) in [5.41, 5.74) is 1.26. The van der Waals surface area contributed by atoms with E-state index in [0.717, 1.165) is 23.1 Å². The van der Waals surface area contributed by atoms with Crippen molar-refractivity contribution in [2.24, 2.45) is 0 Å². The van der Waals surface area contributed by atoms with Gasteiger partial charge in [0.25, 0.3) is 5.82 Å².